The first-order chi connectivity index (χ1) is 21.9. The van der Waals surface area contributed by atoms with Crippen molar-refractivity contribution in [2.75, 3.05) is 10.8 Å². The molecule has 0 saturated carbocycles. The zero-order valence-electron chi connectivity index (χ0n) is 25.8. The van der Waals surface area contributed by atoms with E-state index in [1.807, 2.05) is 51.1 Å². The fourth-order valence-electron chi connectivity index (χ4n) is 4.80. The summed E-state index contributed by atoms with van der Waals surface area (Å²) in [6.45, 7) is 5.07. The third-order valence-corrected chi connectivity index (χ3v) is 10.3. The zero-order chi connectivity index (χ0) is 33.4. The Labute approximate surface area is 286 Å². The summed E-state index contributed by atoms with van der Waals surface area (Å²) in [4.78, 5) is 29.8. The van der Waals surface area contributed by atoms with E-state index in [1.54, 1.807) is 42.5 Å². The first-order valence-electron chi connectivity index (χ1n) is 14.8. The molecular formula is C35H36Cl3N3O4S. The molecule has 0 aromatic heterocycles. The predicted octanol–water partition coefficient (Wildman–Crippen LogP) is 7.71. The Kier molecular flexibility index (Phi) is 12.1. The summed E-state index contributed by atoms with van der Waals surface area (Å²) in [5.41, 5.74) is 2.59. The van der Waals surface area contributed by atoms with Gasteiger partial charge in [-0.05, 0) is 79.9 Å². The van der Waals surface area contributed by atoms with Gasteiger partial charge in [0.25, 0.3) is 10.0 Å². The van der Waals surface area contributed by atoms with E-state index in [0.29, 0.717) is 32.7 Å². The van der Waals surface area contributed by atoms with Crippen molar-refractivity contribution in [2.24, 2.45) is 0 Å². The van der Waals surface area contributed by atoms with Crippen molar-refractivity contribution in [2.45, 2.75) is 57.1 Å². The molecule has 0 aliphatic carbocycles. The molecule has 0 radical (unpaired) electrons. The van der Waals surface area contributed by atoms with Crippen molar-refractivity contribution in [3.8, 4) is 0 Å². The number of halogens is 3. The minimum absolute atomic E-state index is 0.0343. The van der Waals surface area contributed by atoms with E-state index < -0.39 is 28.5 Å². The summed E-state index contributed by atoms with van der Waals surface area (Å²) in [5, 5.41) is 4.12. The van der Waals surface area contributed by atoms with E-state index >= 15 is 0 Å². The number of carbonyl (C=O) groups excluding carboxylic acids is 2. The summed E-state index contributed by atoms with van der Waals surface area (Å²) in [6, 6.07) is 25.7. The van der Waals surface area contributed by atoms with Gasteiger partial charge in [0.05, 0.1) is 10.6 Å². The molecule has 0 heterocycles. The van der Waals surface area contributed by atoms with Crippen molar-refractivity contribution in [3.63, 3.8) is 0 Å². The summed E-state index contributed by atoms with van der Waals surface area (Å²) < 4.78 is 29.3. The number of nitrogens with one attached hydrogen (secondary N) is 1. The number of benzene rings is 4. The van der Waals surface area contributed by atoms with Crippen molar-refractivity contribution in [3.05, 3.63) is 129 Å². The van der Waals surface area contributed by atoms with Crippen LogP contribution in [0.3, 0.4) is 0 Å². The van der Waals surface area contributed by atoms with Crippen LogP contribution in [0.4, 0.5) is 5.69 Å². The second kappa shape index (κ2) is 15.8. The standard InChI is InChI=1S/C35H36Cl3N3O4S/c1-4-25(3)39-35(43)33(20-26-8-6-5-7-9-26)40(22-27-12-13-29(37)21-32(27)38)34(42)23-41(30-16-10-24(2)11-17-30)46(44,45)31-18-14-28(36)15-19-31/h5-19,21,25,33H,4,20,22-23H2,1-3H3,(H,39,43)/t25-,33+/m0/s1. The van der Waals surface area contributed by atoms with Crippen LogP contribution in [0.15, 0.2) is 102 Å². The average Bonchev–Trinajstić information content (AvgIpc) is 3.03. The molecule has 0 unspecified atom stereocenters. The van der Waals surface area contributed by atoms with Crippen molar-refractivity contribution < 1.29 is 18.0 Å². The summed E-state index contributed by atoms with van der Waals surface area (Å²) in [6.07, 6.45) is 0.871. The average molecular weight is 701 g/mol. The molecule has 0 spiro atoms. The van der Waals surface area contributed by atoms with Gasteiger partial charge < -0.3 is 10.2 Å². The Morgan fingerprint density at radius 3 is 2.09 bits per heavy atom. The molecule has 2 amide bonds. The number of hydrogen-bond donors (Lipinski definition) is 1. The lowest BCUT2D eigenvalue weighted by atomic mass is 10.0. The topological polar surface area (TPSA) is 86.8 Å². The van der Waals surface area contributed by atoms with Gasteiger partial charge in [-0.2, -0.15) is 0 Å². The second-order valence-corrected chi connectivity index (χ2v) is 14.2. The maximum absolute atomic E-state index is 14.5. The highest BCUT2D eigenvalue weighted by Crippen LogP contribution is 2.28. The van der Waals surface area contributed by atoms with Gasteiger partial charge in [-0.25, -0.2) is 8.42 Å². The molecular weight excluding hydrogens is 665 g/mol. The van der Waals surface area contributed by atoms with Crippen molar-refractivity contribution in [1.82, 2.24) is 10.2 Å². The molecule has 46 heavy (non-hydrogen) atoms. The number of carbonyl (C=O) groups is 2. The first kappa shape index (κ1) is 35.3. The molecule has 4 aromatic rings. The van der Waals surface area contributed by atoms with Crippen LogP contribution in [0.5, 0.6) is 0 Å². The molecule has 4 rings (SSSR count). The lowest BCUT2D eigenvalue weighted by Crippen LogP contribution is -2.54. The van der Waals surface area contributed by atoms with Gasteiger partial charge in [-0.1, -0.05) is 95.8 Å². The SMILES string of the molecule is CC[C@H](C)NC(=O)[C@@H](Cc1ccccc1)N(Cc1ccc(Cl)cc1Cl)C(=O)CN(c1ccc(C)cc1)S(=O)(=O)c1ccc(Cl)cc1. The maximum Gasteiger partial charge on any atom is 0.264 e. The van der Waals surface area contributed by atoms with Crippen molar-refractivity contribution in [1.29, 1.82) is 0 Å². The summed E-state index contributed by atoms with van der Waals surface area (Å²) >= 11 is 18.8. The number of rotatable bonds is 13. The zero-order valence-corrected chi connectivity index (χ0v) is 28.9. The fourth-order valence-corrected chi connectivity index (χ4v) is 6.81. The molecule has 0 saturated heterocycles. The van der Waals surface area contributed by atoms with E-state index in [2.05, 4.69) is 5.32 Å². The van der Waals surface area contributed by atoms with Crippen LogP contribution in [0, 0.1) is 6.92 Å². The Bertz CT molecular complexity index is 1750. The molecule has 11 heteroatoms. The molecule has 0 bridgehead atoms. The van der Waals surface area contributed by atoms with Gasteiger partial charge in [0.2, 0.25) is 11.8 Å². The quantitative estimate of drug-likeness (QED) is 0.155. The normalized spacial score (nSPS) is 12.7. The minimum Gasteiger partial charge on any atom is -0.352 e. The van der Waals surface area contributed by atoms with Gasteiger partial charge >= 0.3 is 0 Å². The summed E-state index contributed by atoms with van der Waals surface area (Å²) in [5.74, 6) is -0.955. The Hall–Kier alpha value is -3.56. The van der Waals surface area contributed by atoms with Crippen LogP contribution < -0.4 is 9.62 Å². The highest BCUT2D eigenvalue weighted by molar-refractivity contribution is 7.92. The predicted molar refractivity (Wildman–Crippen MR) is 186 cm³/mol. The lowest BCUT2D eigenvalue weighted by molar-refractivity contribution is -0.140. The lowest BCUT2D eigenvalue weighted by Gasteiger charge is -2.34. The highest BCUT2D eigenvalue weighted by atomic mass is 35.5. The molecule has 7 nitrogen and oxygen atoms in total. The largest absolute Gasteiger partial charge is 0.352 e. The number of hydrogen-bond acceptors (Lipinski definition) is 4. The Morgan fingerprint density at radius 2 is 1.48 bits per heavy atom. The van der Waals surface area contributed by atoms with Crippen LogP contribution in [0.2, 0.25) is 15.1 Å². The van der Waals surface area contributed by atoms with Crippen LogP contribution >= 0.6 is 34.8 Å². The molecule has 2 atom stereocenters. The molecule has 4 aromatic carbocycles. The van der Waals surface area contributed by atoms with Gasteiger partial charge in [-0.3, -0.25) is 13.9 Å². The monoisotopic (exact) mass is 699 g/mol. The third kappa shape index (κ3) is 9.04. The molecule has 1 N–H and O–H groups in total. The Balaban J connectivity index is 1.82. The highest BCUT2D eigenvalue weighted by Gasteiger charge is 2.35. The summed E-state index contributed by atoms with van der Waals surface area (Å²) in [7, 11) is -4.24. The van der Waals surface area contributed by atoms with Gasteiger partial charge in [0.1, 0.15) is 12.6 Å². The van der Waals surface area contributed by atoms with Gasteiger partial charge in [0, 0.05) is 34.1 Å². The number of amides is 2. The van der Waals surface area contributed by atoms with Crippen LogP contribution in [-0.4, -0.2) is 43.8 Å². The first-order valence-corrected chi connectivity index (χ1v) is 17.4. The van der Waals surface area contributed by atoms with Crippen molar-refractivity contribution >= 4 is 62.3 Å². The molecule has 0 fully saturated rings. The third-order valence-electron chi connectivity index (χ3n) is 7.63. The van der Waals surface area contributed by atoms with Crippen LogP contribution in [0.1, 0.15) is 37.0 Å². The number of nitrogens with zero attached hydrogens (tertiary/aromatic N) is 2. The van der Waals surface area contributed by atoms with E-state index in [1.165, 1.54) is 29.2 Å². The van der Waals surface area contributed by atoms with E-state index in [0.717, 1.165) is 15.4 Å². The maximum atomic E-state index is 14.5. The molecule has 0 aliphatic rings. The number of aryl methyl sites for hydroxylation is 1. The second-order valence-electron chi connectivity index (χ2n) is 11.1. The fraction of sp³-hybridized carbons (Fsp3) is 0.257. The van der Waals surface area contributed by atoms with E-state index in [-0.39, 0.29) is 29.8 Å². The number of anilines is 1. The number of sulfonamides is 1. The smallest absolute Gasteiger partial charge is 0.264 e. The van der Waals surface area contributed by atoms with Gasteiger partial charge in [-0.15, -0.1) is 0 Å². The van der Waals surface area contributed by atoms with E-state index in [9.17, 15) is 18.0 Å². The molecule has 242 valence electrons. The van der Waals surface area contributed by atoms with E-state index in [4.69, 9.17) is 34.8 Å². The molecule has 0 aliphatic heterocycles. The Morgan fingerprint density at radius 1 is 0.848 bits per heavy atom. The van der Waals surface area contributed by atoms with Gasteiger partial charge in [0.15, 0.2) is 0 Å². The minimum atomic E-state index is -4.24. The van der Waals surface area contributed by atoms with Crippen LogP contribution in [-0.2, 0) is 32.6 Å². The van der Waals surface area contributed by atoms with Crippen LogP contribution in [0.25, 0.3) is 0 Å².